The summed E-state index contributed by atoms with van der Waals surface area (Å²) in [4.78, 5) is 0. The van der Waals surface area contributed by atoms with Gasteiger partial charge in [-0.3, -0.25) is 0 Å². The molecule has 3 aromatic rings. The Hall–Kier alpha value is -2.73. The molecular formula is C16H14N4OS. The second kappa shape index (κ2) is 6.36. The Morgan fingerprint density at radius 1 is 1.32 bits per heavy atom. The monoisotopic (exact) mass is 310 g/mol. The van der Waals surface area contributed by atoms with Crippen LogP contribution in [0.2, 0.25) is 0 Å². The van der Waals surface area contributed by atoms with Crippen LogP contribution in [-0.2, 0) is 0 Å². The Morgan fingerprint density at radius 3 is 3.00 bits per heavy atom. The Labute approximate surface area is 132 Å². The zero-order valence-corrected chi connectivity index (χ0v) is 12.7. The Kier molecular flexibility index (Phi) is 4.11. The van der Waals surface area contributed by atoms with Gasteiger partial charge in [-0.25, -0.2) is 5.10 Å². The molecule has 0 fully saturated rings. The molecule has 0 aliphatic carbocycles. The number of nitrogens with one attached hydrogen (secondary N) is 1. The van der Waals surface area contributed by atoms with E-state index in [1.165, 1.54) is 0 Å². The minimum Gasteiger partial charge on any atom is -0.465 e. The lowest BCUT2D eigenvalue weighted by atomic mass is 10.1. The molecule has 6 heteroatoms. The molecule has 2 heterocycles. The van der Waals surface area contributed by atoms with Crippen LogP contribution in [0, 0.1) is 11.7 Å². The Balaban J connectivity index is 1.88. The number of hydrogen-bond acceptors (Lipinski definition) is 4. The summed E-state index contributed by atoms with van der Waals surface area (Å²) in [6.07, 6.45) is 6.87. The van der Waals surface area contributed by atoms with Crippen molar-refractivity contribution in [2.45, 2.75) is 6.92 Å². The summed E-state index contributed by atoms with van der Waals surface area (Å²) >= 11 is 5.22. The van der Waals surface area contributed by atoms with E-state index < -0.39 is 0 Å². The molecule has 3 rings (SSSR count). The van der Waals surface area contributed by atoms with E-state index in [1.54, 1.807) is 23.2 Å². The average molecular weight is 310 g/mol. The molecular weight excluding hydrogens is 296 g/mol. The molecule has 0 aliphatic heterocycles. The van der Waals surface area contributed by atoms with Gasteiger partial charge < -0.3 is 4.42 Å². The van der Waals surface area contributed by atoms with E-state index in [1.807, 2.05) is 49.4 Å². The van der Waals surface area contributed by atoms with Crippen LogP contribution in [-0.4, -0.2) is 21.1 Å². The van der Waals surface area contributed by atoms with Crippen molar-refractivity contribution in [3.8, 4) is 11.4 Å². The van der Waals surface area contributed by atoms with Crippen molar-refractivity contribution >= 4 is 24.5 Å². The van der Waals surface area contributed by atoms with Crippen molar-refractivity contribution in [2.75, 3.05) is 0 Å². The van der Waals surface area contributed by atoms with E-state index in [0.717, 1.165) is 16.9 Å². The Bertz CT molecular complexity index is 872. The number of H-pyrrole nitrogens is 1. The van der Waals surface area contributed by atoms with Crippen molar-refractivity contribution in [3.05, 3.63) is 64.8 Å². The molecule has 22 heavy (non-hydrogen) atoms. The average Bonchev–Trinajstić information content (AvgIpc) is 3.14. The van der Waals surface area contributed by atoms with Crippen molar-refractivity contribution < 1.29 is 4.42 Å². The van der Waals surface area contributed by atoms with Gasteiger partial charge in [0.15, 0.2) is 5.82 Å². The van der Waals surface area contributed by atoms with E-state index >= 15 is 0 Å². The number of hydrogen-bond donors (Lipinski definition) is 1. The van der Waals surface area contributed by atoms with Crippen molar-refractivity contribution in [1.29, 1.82) is 0 Å². The third-order valence-corrected chi connectivity index (χ3v) is 3.26. The smallest absolute Gasteiger partial charge is 0.216 e. The second-order valence-corrected chi connectivity index (χ2v) is 5.06. The molecule has 0 aliphatic rings. The predicted octanol–water partition coefficient (Wildman–Crippen LogP) is 4.06. The number of aromatic nitrogens is 3. The number of benzene rings is 1. The lowest BCUT2D eigenvalue weighted by Gasteiger charge is -2.01. The molecule has 2 aromatic heterocycles. The summed E-state index contributed by atoms with van der Waals surface area (Å²) in [7, 11) is 0. The molecule has 0 atom stereocenters. The number of rotatable bonds is 4. The number of furan rings is 1. The van der Waals surface area contributed by atoms with Crippen LogP contribution >= 0.6 is 12.2 Å². The van der Waals surface area contributed by atoms with Gasteiger partial charge in [-0.1, -0.05) is 23.8 Å². The zero-order chi connectivity index (χ0) is 15.4. The number of aryl methyl sites for hydroxylation is 1. The highest BCUT2D eigenvalue weighted by atomic mass is 32.1. The predicted molar refractivity (Wildman–Crippen MR) is 89.2 cm³/mol. The van der Waals surface area contributed by atoms with E-state index in [0.29, 0.717) is 10.6 Å². The van der Waals surface area contributed by atoms with Gasteiger partial charge in [-0.2, -0.15) is 14.9 Å². The second-order valence-electron chi connectivity index (χ2n) is 4.67. The van der Waals surface area contributed by atoms with Crippen LogP contribution in [0.4, 0.5) is 0 Å². The highest BCUT2D eigenvalue weighted by Crippen LogP contribution is 2.18. The third kappa shape index (κ3) is 3.12. The van der Waals surface area contributed by atoms with Crippen LogP contribution in [0.25, 0.3) is 17.5 Å². The first kappa shape index (κ1) is 14.2. The third-order valence-electron chi connectivity index (χ3n) is 3.00. The molecule has 110 valence electrons. The van der Waals surface area contributed by atoms with Gasteiger partial charge in [-0.15, -0.1) is 0 Å². The summed E-state index contributed by atoms with van der Waals surface area (Å²) in [6, 6.07) is 11.7. The molecule has 0 unspecified atom stereocenters. The topological polar surface area (TPSA) is 59.1 Å². The fourth-order valence-corrected chi connectivity index (χ4v) is 2.18. The fraction of sp³-hybridized carbons (Fsp3) is 0.0625. The standard InChI is InChI=1S/C16H14N4OS/c1-12-5-2-6-13(11-12)15-18-19-16(22)20(15)17-9-3-7-14-8-4-10-21-14/h2-11H,1H3,(H,19,22)/b7-3+,17-9-. The lowest BCUT2D eigenvalue weighted by Crippen LogP contribution is -1.93. The van der Waals surface area contributed by atoms with Crippen molar-refractivity contribution in [2.24, 2.45) is 5.10 Å². The maximum Gasteiger partial charge on any atom is 0.216 e. The number of aromatic amines is 1. The van der Waals surface area contributed by atoms with E-state index in [4.69, 9.17) is 16.6 Å². The first-order valence-corrected chi connectivity index (χ1v) is 7.14. The van der Waals surface area contributed by atoms with Gasteiger partial charge in [0.2, 0.25) is 4.77 Å². The van der Waals surface area contributed by atoms with Gasteiger partial charge >= 0.3 is 0 Å². The summed E-state index contributed by atoms with van der Waals surface area (Å²) in [5.74, 6) is 1.44. The molecule has 0 saturated carbocycles. The quantitative estimate of drug-likeness (QED) is 0.584. The minimum absolute atomic E-state index is 0.444. The molecule has 5 nitrogen and oxygen atoms in total. The normalized spacial score (nSPS) is 11.7. The zero-order valence-electron chi connectivity index (χ0n) is 11.9. The number of allylic oxidation sites excluding steroid dienone is 1. The van der Waals surface area contributed by atoms with Crippen LogP contribution in [0.1, 0.15) is 11.3 Å². The molecule has 1 aromatic carbocycles. The van der Waals surface area contributed by atoms with E-state index in [9.17, 15) is 0 Å². The maximum atomic E-state index is 5.22. The SMILES string of the molecule is Cc1cccc(-c2n[nH]c(=S)n2/N=C\C=C\c2ccco2)c1. The van der Waals surface area contributed by atoms with Crippen LogP contribution < -0.4 is 0 Å². The molecule has 0 saturated heterocycles. The van der Waals surface area contributed by atoms with Gasteiger partial charge in [0, 0.05) is 11.8 Å². The van der Waals surface area contributed by atoms with Crippen molar-refractivity contribution in [3.63, 3.8) is 0 Å². The summed E-state index contributed by atoms with van der Waals surface area (Å²) in [6.45, 7) is 2.03. The minimum atomic E-state index is 0.444. The first-order valence-electron chi connectivity index (χ1n) is 6.73. The van der Waals surface area contributed by atoms with Crippen molar-refractivity contribution in [1.82, 2.24) is 14.9 Å². The lowest BCUT2D eigenvalue weighted by molar-refractivity contribution is 0.557. The maximum absolute atomic E-state index is 5.22. The van der Waals surface area contributed by atoms with Gasteiger partial charge in [0.25, 0.3) is 0 Å². The Morgan fingerprint density at radius 2 is 2.23 bits per heavy atom. The molecule has 0 amide bonds. The number of nitrogens with zero attached hydrogens (tertiary/aromatic N) is 3. The molecule has 0 spiro atoms. The van der Waals surface area contributed by atoms with Crippen LogP contribution in [0.15, 0.2) is 58.3 Å². The highest BCUT2D eigenvalue weighted by Gasteiger charge is 2.07. The highest BCUT2D eigenvalue weighted by molar-refractivity contribution is 7.71. The molecule has 1 N–H and O–H groups in total. The van der Waals surface area contributed by atoms with Gasteiger partial charge in [0.1, 0.15) is 5.76 Å². The summed E-state index contributed by atoms with van der Waals surface area (Å²) in [5.41, 5.74) is 2.11. The summed E-state index contributed by atoms with van der Waals surface area (Å²) < 4.78 is 7.24. The van der Waals surface area contributed by atoms with Crippen LogP contribution in [0.5, 0.6) is 0 Å². The fourth-order valence-electron chi connectivity index (χ4n) is 2.00. The van der Waals surface area contributed by atoms with E-state index in [-0.39, 0.29) is 0 Å². The molecule has 0 bridgehead atoms. The largest absolute Gasteiger partial charge is 0.465 e. The first-order chi connectivity index (χ1) is 10.7. The molecule has 0 radical (unpaired) electrons. The van der Waals surface area contributed by atoms with Gasteiger partial charge in [0.05, 0.1) is 6.26 Å². The van der Waals surface area contributed by atoms with Crippen LogP contribution in [0.3, 0.4) is 0 Å². The van der Waals surface area contributed by atoms with Gasteiger partial charge in [-0.05, 0) is 49.5 Å². The van der Waals surface area contributed by atoms with E-state index in [2.05, 4.69) is 15.3 Å². The summed E-state index contributed by atoms with van der Waals surface area (Å²) in [5, 5.41) is 11.4.